The Balaban J connectivity index is 3.13. The topological polar surface area (TPSA) is 52.4 Å². The van der Waals surface area contributed by atoms with Crippen LogP contribution in [0.25, 0.3) is 0 Å². The van der Waals surface area contributed by atoms with Crippen LogP contribution in [-0.2, 0) is 0 Å². The van der Waals surface area contributed by atoms with Gasteiger partial charge in [0.25, 0.3) is 0 Å². The third-order valence-electron chi connectivity index (χ3n) is 1.81. The quantitative estimate of drug-likeness (QED) is 0.470. The van der Waals surface area contributed by atoms with E-state index in [1.165, 1.54) is 13.0 Å². The molecule has 0 aromatic heterocycles. The monoisotopic (exact) mass is 253 g/mol. The van der Waals surface area contributed by atoms with Gasteiger partial charge < -0.3 is 4.74 Å². The number of halogens is 4. The smallest absolute Gasteiger partial charge is 0.421 e. The van der Waals surface area contributed by atoms with Crippen LogP contribution in [0.3, 0.4) is 0 Å². The van der Waals surface area contributed by atoms with Crippen molar-refractivity contribution in [3.63, 3.8) is 0 Å². The Hall–Kier alpha value is -1.86. The zero-order valence-electron chi connectivity index (χ0n) is 8.49. The minimum atomic E-state index is -4.77. The van der Waals surface area contributed by atoms with Crippen LogP contribution in [0.5, 0.6) is 5.75 Å². The van der Waals surface area contributed by atoms with Crippen LogP contribution >= 0.6 is 0 Å². The van der Waals surface area contributed by atoms with Crippen LogP contribution in [-0.4, -0.2) is 17.5 Å². The van der Waals surface area contributed by atoms with Gasteiger partial charge in [-0.05, 0) is 18.6 Å². The van der Waals surface area contributed by atoms with Gasteiger partial charge in [0.05, 0.1) is 4.92 Å². The van der Waals surface area contributed by atoms with Gasteiger partial charge in [-0.1, -0.05) is 6.07 Å². The summed E-state index contributed by atoms with van der Waals surface area (Å²) in [4.78, 5) is 9.49. The maximum atomic E-state index is 12.6. The summed E-state index contributed by atoms with van der Waals surface area (Å²) in [6, 6.07) is 3.09. The summed E-state index contributed by atoms with van der Waals surface area (Å²) in [6.07, 6.45) is -8.83. The number of nitro benzene ring substituents is 1. The van der Waals surface area contributed by atoms with Crippen molar-refractivity contribution in [3.05, 3.63) is 33.9 Å². The largest absolute Gasteiger partial charge is 0.461 e. The summed E-state index contributed by atoms with van der Waals surface area (Å²) in [6.45, 7) is 1.46. The van der Waals surface area contributed by atoms with E-state index >= 15 is 0 Å². The molecule has 0 saturated carbocycles. The summed E-state index contributed by atoms with van der Waals surface area (Å²) in [7, 11) is 0. The first kappa shape index (κ1) is 13.2. The molecular formula is C9H7F4NO3. The van der Waals surface area contributed by atoms with Gasteiger partial charge in [-0.3, -0.25) is 10.1 Å². The second-order valence-corrected chi connectivity index (χ2v) is 3.19. The van der Waals surface area contributed by atoms with Gasteiger partial charge in [0.1, 0.15) is 0 Å². The molecule has 0 atom stereocenters. The summed E-state index contributed by atoms with van der Waals surface area (Å²) >= 11 is 0. The average Bonchev–Trinajstić information content (AvgIpc) is 2.15. The highest BCUT2D eigenvalue weighted by atomic mass is 19.3. The third-order valence-corrected chi connectivity index (χ3v) is 1.81. The molecule has 4 nitrogen and oxygen atoms in total. The van der Waals surface area contributed by atoms with E-state index in [1.807, 2.05) is 0 Å². The van der Waals surface area contributed by atoms with Crippen molar-refractivity contribution in [1.82, 2.24) is 0 Å². The van der Waals surface area contributed by atoms with E-state index < -0.39 is 28.9 Å². The molecule has 1 aromatic carbocycles. The van der Waals surface area contributed by atoms with E-state index in [-0.39, 0.29) is 0 Å². The van der Waals surface area contributed by atoms with Gasteiger partial charge in [-0.2, -0.15) is 17.6 Å². The average molecular weight is 253 g/mol. The lowest BCUT2D eigenvalue weighted by molar-refractivity contribution is -0.387. The summed E-state index contributed by atoms with van der Waals surface area (Å²) in [5.74, 6) is -0.889. The first-order valence-electron chi connectivity index (χ1n) is 4.34. The highest BCUT2D eigenvalue weighted by molar-refractivity contribution is 5.48. The van der Waals surface area contributed by atoms with E-state index in [9.17, 15) is 27.7 Å². The van der Waals surface area contributed by atoms with Crippen molar-refractivity contribution < 1.29 is 27.2 Å². The molecule has 17 heavy (non-hydrogen) atoms. The highest BCUT2D eigenvalue weighted by Gasteiger charge is 2.45. The maximum Gasteiger partial charge on any atom is 0.461 e. The molecule has 0 unspecified atom stereocenters. The highest BCUT2D eigenvalue weighted by Crippen LogP contribution is 2.34. The Bertz CT molecular complexity index is 436. The second kappa shape index (κ2) is 4.56. The fraction of sp³-hybridized carbons (Fsp3) is 0.333. The molecule has 0 fully saturated rings. The molecule has 1 rings (SSSR count). The van der Waals surface area contributed by atoms with Crippen LogP contribution in [0, 0.1) is 17.0 Å². The molecular weight excluding hydrogens is 246 g/mol. The first-order chi connectivity index (χ1) is 7.74. The SMILES string of the molecule is Cc1ccc([N+](=O)[O-])c(OC(F)(F)C(F)F)c1. The van der Waals surface area contributed by atoms with Crippen molar-refractivity contribution in [1.29, 1.82) is 0 Å². The van der Waals surface area contributed by atoms with Crippen molar-refractivity contribution >= 4 is 5.69 Å². The second-order valence-electron chi connectivity index (χ2n) is 3.19. The van der Waals surface area contributed by atoms with E-state index in [0.29, 0.717) is 5.56 Å². The predicted octanol–water partition coefficient (Wildman–Crippen LogP) is 3.14. The fourth-order valence-electron chi connectivity index (χ4n) is 1.05. The molecule has 0 aliphatic carbocycles. The van der Waals surface area contributed by atoms with Crippen LogP contribution in [0.1, 0.15) is 5.56 Å². The van der Waals surface area contributed by atoms with Crippen LogP contribution < -0.4 is 4.74 Å². The molecule has 0 aliphatic rings. The number of alkyl halides is 4. The number of hydrogen-bond acceptors (Lipinski definition) is 3. The van der Waals surface area contributed by atoms with Gasteiger partial charge in [0.15, 0.2) is 0 Å². The van der Waals surface area contributed by atoms with E-state index in [2.05, 4.69) is 4.74 Å². The molecule has 0 heterocycles. The van der Waals surface area contributed by atoms with Gasteiger partial charge >= 0.3 is 18.2 Å². The number of rotatable bonds is 4. The van der Waals surface area contributed by atoms with Crippen molar-refractivity contribution in [2.24, 2.45) is 0 Å². The number of nitrogens with zero attached hydrogens (tertiary/aromatic N) is 1. The van der Waals surface area contributed by atoms with E-state index in [0.717, 1.165) is 12.1 Å². The summed E-state index contributed by atoms with van der Waals surface area (Å²) in [5, 5.41) is 10.5. The lowest BCUT2D eigenvalue weighted by Gasteiger charge is -2.16. The number of benzene rings is 1. The molecule has 0 bridgehead atoms. The molecule has 94 valence electrons. The number of nitro groups is 1. The van der Waals surface area contributed by atoms with Crippen LogP contribution in [0.2, 0.25) is 0 Å². The predicted molar refractivity (Wildman–Crippen MR) is 49.4 cm³/mol. The standard InChI is InChI=1S/C9H7F4NO3/c1-5-2-3-6(14(15)16)7(4-5)17-9(12,13)8(10)11/h2-4,8H,1H3. The van der Waals surface area contributed by atoms with Gasteiger partial charge in [-0.15, -0.1) is 0 Å². The zero-order valence-corrected chi connectivity index (χ0v) is 8.49. The Labute approximate surface area is 93.0 Å². The summed E-state index contributed by atoms with van der Waals surface area (Å²) in [5.41, 5.74) is -0.424. The van der Waals surface area contributed by atoms with Crippen LogP contribution in [0.15, 0.2) is 18.2 Å². The molecule has 0 saturated heterocycles. The minimum absolute atomic E-state index is 0.371. The van der Waals surface area contributed by atoms with E-state index in [4.69, 9.17) is 0 Å². The number of ether oxygens (including phenoxy) is 1. The molecule has 0 aliphatic heterocycles. The van der Waals surface area contributed by atoms with Crippen molar-refractivity contribution in [2.75, 3.05) is 0 Å². The lowest BCUT2D eigenvalue weighted by Crippen LogP contribution is -2.33. The maximum absolute atomic E-state index is 12.6. The van der Waals surface area contributed by atoms with Crippen molar-refractivity contribution in [2.45, 2.75) is 19.5 Å². The number of aryl methyl sites for hydroxylation is 1. The normalized spacial score (nSPS) is 11.6. The fourth-order valence-corrected chi connectivity index (χ4v) is 1.05. The minimum Gasteiger partial charge on any atom is -0.421 e. The van der Waals surface area contributed by atoms with Crippen molar-refractivity contribution in [3.8, 4) is 5.75 Å². The molecule has 0 N–H and O–H groups in total. The van der Waals surface area contributed by atoms with E-state index in [1.54, 1.807) is 0 Å². The Kier molecular flexibility index (Phi) is 3.54. The van der Waals surface area contributed by atoms with Gasteiger partial charge in [-0.25, -0.2) is 0 Å². The first-order valence-corrected chi connectivity index (χ1v) is 4.34. The third kappa shape index (κ3) is 3.05. The zero-order chi connectivity index (χ0) is 13.2. The van der Waals surface area contributed by atoms with Gasteiger partial charge in [0, 0.05) is 6.07 Å². The van der Waals surface area contributed by atoms with Crippen LogP contribution in [0.4, 0.5) is 23.2 Å². The molecule has 0 amide bonds. The molecule has 0 radical (unpaired) electrons. The molecule has 1 aromatic rings. The Morgan fingerprint density at radius 3 is 2.47 bits per heavy atom. The molecule has 8 heteroatoms. The lowest BCUT2D eigenvalue weighted by atomic mass is 10.2. The molecule has 0 spiro atoms. The number of hydrogen-bond donors (Lipinski definition) is 0. The Morgan fingerprint density at radius 1 is 1.41 bits per heavy atom. The Morgan fingerprint density at radius 2 is 2.00 bits per heavy atom. The summed E-state index contributed by atoms with van der Waals surface area (Å²) < 4.78 is 52.7. The van der Waals surface area contributed by atoms with Gasteiger partial charge in [0.2, 0.25) is 5.75 Å².